The molecule has 0 aromatic carbocycles. The van der Waals surface area contributed by atoms with Gasteiger partial charge < -0.3 is 21.3 Å². The summed E-state index contributed by atoms with van der Waals surface area (Å²) >= 11 is 3.71. The van der Waals surface area contributed by atoms with Crippen molar-refractivity contribution in [2.75, 3.05) is 25.5 Å². The Labute approximate surface area is 103 Å². The van der Waals surface area contributed by atoms with Crippen molar-refractivity contribution in [3.05, 3.63) is 0 Å². The number of nitrogens with one attached hydrogen (secondary N) is 4. The van der Waals surface area contributed by atoms with Crippen molar-refractivity contribution in [1.29, 1.82) is 0 Å². The van der Waals surface area contributed by atoms with Crippen molar-refractivity contribution in [2.24, 2.45) is 0 Å². The number of thiol groups is 1. The van der Waals surface area contributed by atoms with Crippen molar-refractivity contribution >= 4 is 36.8 Å². The van der Waals surface area contributed by atoms with E-state index < -0.39 is 11.8 Å². The van der Waals surface area contributed by atoms with Gasteiger partial charge in [-0.05, 0) is 0 Å². The molecule has 0 spiro atoms. The van der Waals surface area contributed by atoms with E-state index in [1.54, 1.807) is 0 Å². The molecule has 96 valence electrons. The Morgan fingerprint density at radius 3 is 2.00 bits per heavy atom. The summed E-state index contributed by atoms with van der Waals surface area (Å²) in [6.07, 6.45) is 0.436. The highest BCUT2D eigenvalue weighted by Crippen LogP contribution is 1.73. The van der Waals surface area contributed by atoms with Crippen LogP contribution in [0.2, 0.25) is 0 Å². The summed E-state index contributed by atoms with van der Waals surface area (Å²) in [4.78, 5) is 42.7. The molecule has 8 nitrogen and oxygen atoms in total. The van der Waals surface area contributed by atoms with Crippen LogP contribution in [0, 0.1) is 0 Å². The predicted molar refractivity (Wildman–Crippen MR) is 62.1 cm³/mol. The molecule has 0 saturated heterocycles. The second kappa shape index (κ2) is 9.46. The fraction of sp³-hybridized carbons (Fsp3) is 0.500. The van der Waals surface area contributed by atoms with Crippen LogP contribution in [0.1, 0.15) is 0 Å². The van der Waals surface area contributed by atoms with E-state index in [0.717, 1.165) is 0 Å². The third-order valence-electron chi connectivity index (χ3n) is 1.51. The van der Waals surface area contributed by atoms with Crippen LogP contribution in [0.4, 0.5) is 0 Å². The molecule has 17 heavy (non-hydrogen) atoms. The van der Waals surface area contributed by atoms with Crippen molar-refractivity contribution in [3.8, 4) is 0 Å². The summed E-state index contributed by atoms with van der Waals surface area (Å²) < 4.78 is 0. The van der Waals surface area contributed by atoms with Gasteiger partial charge in [0, 0.05) is 0 Å². The Morgan fingerprint density at radius 2 is 1.47 bits per heavy atom. The van der Waals surface area contributed by atoms with Gasteiger partial charge in [-0.1, -0.05) is 0 Å². The van der Waals surface area contributed by atoms with Crippen molar-refractivity contribution < 1.29 is 19.2 Å². The molecule has 0 aliphatic rings. The van der Waals surface area contributed by atoms with Crippen LogP contribution in [0.25, 0.3) is 0 Å². The van der Waals surface area contributed by atoms with Crippen LogP contribution in [-0.4, -0.2) is 49.6 Å². The molecule has 4 amide bonds. The zero-order valence-electron chi connectivity index (χ0n) is 8.99. The highest BCUT2D eigenvalue weighted by atomic mass is 32.1. The normalized spacial score (nSPS) is 9.00. The summed E-state index contributed by atoms with van der Waals surface area (Å²) in [6.45, 7) is -0.441. The van der Waals surface area contributed by atoms with Crippen molar-refractivity contribution in [2.45, 2.75) is 0 Å². The summed E-state index contributed by atoms with van der Waals surface area (Å²) in [5.41, 5.74) is 0. The summed E-state index contributed by atoms with van der Waals surface area (Å²) in [5.74, 6) is -1.32. The molecule has 0 aliphatic heterocycles. The minimum atomic E-state index is -0.487. The van der Waals surface area contributed by atoms with Gasteiger partial charge in [-0.15, -0.1) is 0 Å². The van der Waals surface area contributed by atoms with Crippen molar-refractivity contribution in [3.63, 3.8) is 0 Å². The maximum Gasteiger partial charge on any atom is 0.240 e. The molecular weight excluding hydrogens is 248 g/mol. The highest BCUT2D eigenvalue weighted by molar-refractivity contribution is 7.81. The molecule has 0 saturated carbocycles. The lowest BCUT2D eigenvalue weighted by Crippen LogP contribution is -2.43. The van der Waals surface area contributed by atoms with Gasteiger partial charge in [-0.2, -0.15) is 12.6 Å². The summed E-state index contributed by atoms with van der Waals surface area (Å²) in [5, 5.41) is 9.12. The van der Waals surface area contributed by atoms with E-state index in [9.17, 15) is 19.2 Å². The van der Waals surface area contributed by atoms with Gasteiger partial charge in [-0.3, -0.25) is 19.2 Å². The molecule has 0 fully saturated rings. The molecule has 0 rings (SSSR count). The number of hydrogen-bond donors (Lipinski definition) is 5. The molecule has 0 bridgehead atoms. The first kappa shape index (κ1) is 15.2. The highest BCUT2D eigenvalue weighted by Gasteiger charge is 2.05. The average Bonchev–Trinajstić information content (AvgIpc) is 2.33. The first-order valence-electron chi connectivity index (χ1n) is 4.68. The van der Waals surface area contributed by atoms with Gasteiger partial charge >= 0.3 is 0 Å². The second-order valence-electron chi connectivity index (χ2n) is 2.81. The fourth-order valence-corrected chi connectivity index (χ4v) is 0.842. The van der Waals surface area contributed by atoms with Gasteiger partial charge in [0.05, 0.1) is 25.5 Å². The van der Waals surface area contributed by atoms with Crippen LogP contribution in [0.15, 0.2) is 0 Å². The van der Waals surface area contributed by atoms with Crippen LogP contribution in [-0.2, 0) is 19.2 Å². The lowest BCUT2D eigenvalue weighted by molar-refractivity contribution is -0.127. The van der Waals surface area contributed by atoms with Crippen LogP contribution in [0.3, 0.4) is 0 Å². The SMILES string of the molecule is O=CNCNC(=O)CNC(=O)CNC(=O)CS. The minimum absolute atomic E-state index is 0.00536. The summed E-state index contributed by atoms with van der Waals surface area (Å²) in [6, 6.07) is 0. The smallest absolute Gasteiger partial charge is 0.240 e. The number of carbonyl (C=O) groups excluding carboxylic acids is 4. The molecule has 0 aromatic rings. The molecule has 4 N–H and O–H groups in total. The standard InChI is InChI=1S/C8H14N4O4S/c13-5-9-4-12-7(15)2-10-6(14)1-11-8(16)3-17/h5,17H,1-4H2,(H,9,13)(H,10,14)(H,11,16)(H,12,15). The van der Waals surface area contributed by atoms with Gasteiger partial charge in [0.15, 0.2) is 0 Å². The van der Waals surface area contributed by atoms with E-state index in [0.29, 0.717) is 6.41 Å². The number of carbonyl (C=O) groups is 4. The van der Waals surface area contributed by atoms with Gasteiger partial charge in [0.1, 0.15) is 0 Å². The minimum Gasteiger partial charge on any atom is -0.346 e. The zero-order chi connectivity index (χ0) is 13.1. The van der Waals surface area contributed by atoms with Crippen LogP contribution in [0.5, 0.6) is 0 Å². The molecule has 0 aliphatic carbocycles. The Hall–Kier alpha value is -1.77. The zero-order valence-corrected chi connectivity index (χ0v) is 9.88. The summed E-state index contributed by atoms with van der Waals surface area (Å²) in [7, 11) is 0. The lowest BCUT2D eigenvalue weighted by Gasteiger charge is -2.06. The Balaban J connectivity index is 3.58. The number of hydrogen-bond acceptors (Lipinski definition) is 5. The third kappa shape index (κ3) is 9.18. The van der Waals surface area contributed by atoms with Crippen molar-refractivity contribution in [1.82, 2.24) is 21.3 Å². The third-order valence-corrected chi connectivity index (χ3v) is 1.79. The molecule has 0 unspecified atom stereocenters. The largest absolute Gasteiger partial charge is 0.346 e. The average molecular weight is 262 g/mol. The van der Waals surface area contributed by atoms with Crippen LogP contribution < -0.4 is 21.3 Å². The Kier molecular flexibility index (Phi) is 8.47. The maximum absolute atomic E-state index is 11.1. The van der Waals surface area contributed by atoms with E-state index in [1.807, 2.05) is 0 Å². The van der Waals surface area contributed by atoms with Gasteiger partial charge in [0.2, 0.25) is 24.1 Å². The molecule has 0 aromatic heterocycles. The molecule has 9 heteroatoms. The topological polar surface area (TPSA) is 116 Å². The fourth-order valence-electron chi connectivity index (χ4n) is 0.730. The molecular formula is C8H14N4O4S. The lowest BCUT2D eigenvalue weighted by atomic mass is 10.5. The first-order chi connectivity index (χ1) is 8.10. The number of rotatable bonds is 8. The van der Waals surface area contributed by atoms with E-state index in [4.69, 9.17) is 0 Å². The van der Waals surface area contributed by atoms with Crippen LogP contribution >= 0.6 is 12.6 Å². The Bertz CT molecular complexity index is 297. The maximum atomic E-state index is 11.1. The Morgan fingerprint density at radius 1 is 0.941 bits per heavy atom. The monoisotopic (exact) mass is 262 g/mol. The van der Waals surface area contributed by atoms with E-state index in [-0.39, 0.29) is 31.4 Å². The van der Waals surface area contributed by atoms with E-state index >= 15 is 0 Å². The molecule has 0 heterocycles. The number of amides is 4. The van der Waals surface area contributed by atoms with E-state index in [2.05, 4.69) is 33.9 Å². The molecule has 0 radical (unpaired) electrons. The molecule has 0 atom stereocenters. The quantitative estimate of drug-likeness (QED) is 0.138. The first-order valence-corrected chi connectivity index (χ1v) is 5.31. The predicted octanol–water partition coefficient (Wildman–Crippen LogP) is -3.03. The van der Waals surface area contributed by atoms with Gasteiger partial charge in [0.25, 0.3) is 0 Å². The van der Waals surface area contributed by atoms with Gasteiger partial charge in [-0.25, -0.2) is 0 Å². The second-order valence-corrected chi connectivity index (χ2v) is 3.13. The van der Waals surface area contributed by atoms with E-state index in [1.165, 1.54) is 0 Å².